The van der Waals surface area contributed by atoms with Crippen LogP contribution in [0, 0.1) is 5.41 Å². The molecule has 1 aliphatic rings. The zero-order valence-corrected chi connectivity index (χ0v) is 10.3. The summed E-state index contributed by atoms with van der Waals surface area (Å²) in [5.74, 6) is 0.100. The van der Waals surface area contributed by atoms with Crippen molar-refractivity contribution in [1.82, 2.24) is 10.2 Å². The minimum absolute atomic E-state index is 0.137. The lowest BCUT2D eigenvalue weighted by Crippen LogP contribution is -2.25. The van der Waals surface area contributed by atoms with Crippen LogP contribution >= 0.6 is 0 Å². The lowest BCUT2D eigenvalue weighted by molar-refractivity contribution is -0.119. The Bertz CT molecular complexity index is 526. The van der Waals surface area contributed by atoms with Gasteiger partial charge in [-0.25, -0.2) is 4.79 Å². The van der Waals surface area contributed by atoms with E-state index in [9.17, 15) is 9.59 Å². The van der Waals surface area contributed by atoms with E-state index in [0.29, 0.717) is 5.75 Å². The highest BCUT2D eigenvalue weighted by Crippen LogP contribution is 2.25. The van der Waals surface area contributed by atoms with Crippen LogP contribution in [0.5, 0.6) is 5.75 Å². The molecule has 1 saturated heterocycles. The maximum Gasteiger partial charge on any atom is 0.323 e. The first-order chi connectivity index (χ1) is 8.99. The van der Waals surface area contributed by atoms with Gasteiger partial charge >= 0.3 is 6.03 Å². The van der Waals surface area contributed by atoms with Gasteiger partial charge in [0, 0.05) is 7.05 Å². The van der Waals surface area contributed by atoms with Crippen LogP contribution < -0.4 is 15.8 Å². The molecule has 1 aromatic rings. The van der Waals surface area contributed by atoms with E-state index >= 15 is 0 Å². The molecule has 0 aliphatic carbocycles. The van der Waals surface area contributed by atoms with Crippen molar-refractivity contribution >= 4 is 17.8 Å². The number of carbonyl (C=O) groups excluding carboxylic acids is 2. The Morgan fingerprint density at radius 3 is 2.58 bits per heavy atom. The Morgan fingerprint density at radius 2 is 2.11 bits per heavy atom. The number of ether oxygens (including phenoxy) is 1. The number of amidine groups is 1. The number of benzene rings is 1. The number of nitrogens with one attached hydrogen (secondary N) is 2. The van der Waals surface area contributed by atoms with Crippen molar-refractivity contribution in [3.63, 3.8) is 0 Å². The summed E-state index contributed by atoms with van der Waals surface area (Å²) in [7, 11) is 1.62. The molecule has 0 bridgehead atoms. The number of hydrogen-bond donors (Lipinski definition) is 3. The number of amides is 3. The van der Waals surface area contributed by atoms with Crippen LogP contribution in [-0.4, -0.2) is 36.3 Å². The van der Waals surface area contributed by atoms with Crippen molar-refractivity contribution in [2.45, 2.75) is 6.04 Å². The summed E-state index contributed by atoms with van der Waals surface area (Å²) in [6.07, 6.45) is 0. The van der Waals surface area contributed by atoms with Gasteiger partial charge in [0.1, 0.15) is 17.6 Å². The minimum Gasteiger partial charge on any atom is -0.484 e. The Hall–Kier alpha value is -2.57. The summed E-state index contributed by atoms with van der Waals surface area (Å²) in [4.78, 5) is 23.4. The molecule has 1 heterocycles. The van der Waals surface area contributed by atoms with Crippen molar-refractivity contribution < 1.29 is 14.3 Å². The molecule has 2 rings (SSSR count). The molecular weight excluding hydrogens is 248 g/mol. The van der Waals surface area contributed by atoms with Crippen LogP contribution in [0.3, 0.4) is 0 Å². The highest BCUT2D eigenvalue weighted by atomic mass is 16.5. The van der Waals surface area contributed by atoms with Gasteiger partial charge in [0.25, 0.3) is 5.91 Å². The Balaban J connectivity index is 2.12. The predicted molar refractivity (Wildman–Crippen MR) is 67.9 cm³/mol. The summed E-state index contributed by atoms with van der Waals surface area (Å²) in [6, 6.07) is 6.10. The van der Waals surface area contributed by atoms with Gasteiger partial charge in [-0.15, -0.1) is 0 Å². The van der Waals surface area contributed by atoms with Crippen LogP contribution in [0.15, 0.2) is 24.3 Å². The molecule has 1 fully saturated rings. The smallest absolute Gasteiger partial charge is 0.323 e. The normalized spacial score (nSPS) is 18.4. The minimum atomic E-state index is -0.545. The van der Waals surface area contributed by atoms with Crippen LogP contribution in [0.25, 0.3) is 0 Å². The average Bonchev–Trinajstić information content (AvgIpc) is 2.62. The third-order valence-electron chi connectivity index (χ3n) is 2.80. The van der Waals surface area contributed by atoms with Crippen molar-refractivity contribution in [1.29, 1.82) is 5.41 Å². The number of primary amides is 1. The highest BCUT2D eigenvalue weighted by Gasteiger charge is 2.33. The second-order valence-corrected chi connectivity index (χ2v) is 4.18. The summed E-state index contributed by atoms with van der Waals surface area (Å²) in [5, 5.41) is 10.2. The number of rotatable bonds is 4. The Labute approximate surface area is 109 Å². The fourth-order valence-electron chi connectivity index (χ4n) is 1.87. The molecular formula is C12H14N4O3. The van der Waals surface area contributed by atoms with E-state index in [0.717, 1.165) is 5.56 Å². The second kappa shape index (κ2) is 4.97. The Morgan fingerprint density at radius 1 is 1.47 bits per heavy atom. The SMILES string of the molecule is CN1C(=O)NC(=N)C1c1ccc(OCC(N)=O)cc1. The lowest BCUT2D eigenvalue weighted by Gasteiger charge is -2.18. The van der Waals surface area contributed by atoms with E-state index in [1.54, 1.807) is 31.3 Å². The van der Waals surface area contributed by atoms with Crippen LogP contribution in [-0.2, 0) is 4.79 Å². The fourth-order valence-corrected chi connectivity index (χ4v) is 1.87. The number of nitrogens with zero attached hydrogens (tertiary/aromatic N) is 1. The van der Waals surface area contributed by atoms with Crippen LogP contribution in [0.2, 0.25) is 0 Å². The summed E-state index contributed by atoms with van der Waals surface area (Å²) < 4.78 is 5.14. The summed E-state index contributed by atoms with van der Waals surface area (Å²) in [5.41, 5.74) is 5.77. The summed E-state index contributed by atoms with van der Waals surface area (Å²) >= 11 is 0. The number of carbonyl (C=O) groups is 2. The molecule has 19 heavy (non-hydrogen) atoms. The molecule has 0 saturated carbocycles. The van der Waals surface area contributed by atoms with Gasteiger partial charge in [-0.05, 0) is 17.7 Å². The van der Waals surface area contributed by atoms with E-state index in [1.165, 1.54) is 4.90 Å². The molecule has 4 N–H and O–H groups in total. The molecule has 1 aliphatic heterocycles. The number of urea groups is 1. The lowest BCUT2D eigenvalue weighted by atomic mass is 10.1. The van der Waals surface area contributed by atoms with Crippen LogP contribution in [0.4, 0.5) is 4.79 Å². The molecule has 7 nitrogen and oxygen atoms in total. The maximum absolute atomic E-state index is 11.4. The Kier molecular flexibility index (Phi) is 3.37. The first kappa shape index (κ1) is 12.9. The van der Waals surface area contributed by atoms with Gasteiger partial charge in [-0.3, -0.25) is 15.5 Å². The number of likely N-dealkylation sites (N-methyl/N-ethyl adjacent to an activating group) is 1. The van der Waals surface area contributed by atoms with Crippen molar-refractivity contribution in [2.75, 3.05) is 13.7 Å². The van der Waals surface area contributed by atoms with E-state index in [1.807, 2.05) is 0 Å². The third-order valence-corrected chi connectivity index (χ3v) is 2.80. The molecule has 7 heteroatoms. The van der Waals surface area contributed by atoms with Gasteiger partial charge in [0.15, 0.2) is 6.61 Å². The molecule has 0 spiro atoms. The van der Waals surface area contributed by atoms with E-state index in [4.69, 9.17) is 15.9 Å². The van der Waals surface area contributed by atoms with E-state index in [-0.39, 0.29) is 18.5 Å². The van der Waals surface area contributed by atoms with E-state index in [2.05, 4.69) is 5.32 Å². The van der Waals surface area contributed by atoms with Crippen molar-refractivity contribution in [3.05, 3.63) is 29.8 Å². The molecule has 100 valence electrons. The third kappa shape index (κ3) is 2.65. The van der Waals surface area contributed by atoms with Gasteiger partial charge < -0.3 is 15.4 Å². The number of nitrogens with two attached hydrogens (primary N) is 1. The highest BCUT2D eigenvalue weighted by molar-refractivity contribution is 6.05. The van der Waals surface area contributed by atoms with Gasteiger partial charge in [-0.1, -0.05) is 12.1 Å². The molecule has 0 aromatic heterocycles. The standard InChI is InChI=1S/C12H14N4O3/c1-16-10(11(14)15-12(16)18)7-2-4-8(5-3-7)19-6-9(13)17/h2-5,10H,6H2,1H3,(H2,13,17)(H2,14,15,18). The first-order valence-electron chi connectivity index (χ1n) is 5.62. The molecule has 1 unspecified atom stereocenters. The molecule has 1 atom stereocenters. The van der Waals surface area contributed by atoms with Gasteiger partial charge in [-0.2, -0.15) is 0 Å². The zero-order valence-electron chi connectivity index (χ0n) is 10.3. The maximum atomic E-state index is 11.4. The monoisotopic (exact) mass is 262 g/mol. The topological polar surface area (TPSA) is 109 Å². The van der Waals surface area contributed by atoms with Gasteiger partial charge in [0.2, 0.25) is 0 Å². The number of hydrogen-bond acceptors (Lipinski definition) is 4. The van der Waals surface area contributed by atoms with Crippen LogP contribution in [0.1, 0.15) is 11.6 Å². The quantitative estimate of drug-likeness (QED) is 0.722. The molecule has 1 aromatic carbocycles. The molecule has 0 radical (unpaired) electrons. The van der Waals surface area contributed by atoms with Gasteiger partial charge in [0.05, 0.1) is 0 Å². The first-order valence-corrected chi connectivity index (χ1v) is 5.62. The van der Waals surface area contributed by atoms with Crippen molar-refractivity contribution in [2.24, 2.45) is 5.73 Å². The predicted octanol–water partition coefficient (Wildman–Crippen LogP) is 0.224. The largest absolute Gasteiger partial charge is 0.484 e. The molecule has 3 amide bonds. The second-order valence-electron chi connectivity index (χ2n) is 4.18. The summed E-state index contributed by atoms with van der Waals surface area (Å²) in [6.45, 7) is -0.182. The average molecular weight is 262 g/mol. The van der Waals surface area contributed by atoms with E-state index < -0.39 is 11.9 Å². The fraction of sp³-hybridized carbons (Fsp3) is 0.250. The van der Waals surface area contributed by atoms with Crippen molar-refractivity contribution in [3.8, 4) is 5.75 Å². The zero-order chi connectivity index (χ0) is 14.0.